The zero-order chi connectivity index (χ0) is 23.5. The molecule has 170 valence electrons. The number of ether oxygens (including phenoxy) is 1. The Labute approximate surface area is 194 Å². The summed E-state index contributed by atoms with van der Waals surface area (Å²) in [5.74, 6) is 0.957. The third-order valence-electron chi connectivity index (χ3n) is 5.99. The SMILES string of the molecule is COc1nc2c(c(C)nn2-c2ccccc2)c(C)c1CCC(=O)Nc1ccc(C(C)C)cc1. The van der Waals surface area contributed by atoms with Crippen molar-refractivity contribution in [3.05, 3.63) is 77.0 Å². The molecule has 0 unspecified atom stereocenters. The molecule has 0 fully saturated rings. The first-order chi connectivity index (χ1) is 15.9. The number of hydrogen-bond donors (Lipinski definition) is 1. The molecule has 2 aromatic carbocycles. The van der Waals surface area contributed by atoms with E-state index in [9.17, 15) is 4.79 Å². The highest BCUT2D eigenvalue weighted by atomic mass is 16.5. The van der Waals surface area contributed by atoms with Crippen LogP contribution in [0.1, 0.15) is 48.6 Å². The summed E-state index contributed by atoms with van der Waals surface area (Å²) in [5.41, 5.74) is 6.64. The maximum Gasteiger partial charge on any atom is 0.224 e. The Kier molecular flexibility index (Phi) is 6.45. The standard InChI is InChI=1S/C27H30N4O2/c1-17(2)20-11-13-21(14-12-20)28-24(32)16-15-23-18(3)25-19(4)30-31(22-9-7-6-8-10-22)26(25)29-27(23)33-5/h6-14,17H,15-16H2,1-5H3,(H,28,32). The average Bonchev–Trinajstić information content (AvgIpc) is 3.15. The van der Waals surface area contributed by atoms with E-state index in [1.165, 1.54) is 5.56 Å². The van der Waals surface area contributed by atoms with Gasteiger partial charge in [-0.25, -0.2) is 4.68 Å². The van der Waals surface area contributed by atoms with E-state index in [0.29, 0.717) is 24.6 Å². The second kappa shape index (κ2) is 9.45. The molecule has 4 aromatic rings. The number of fused-ring (bicyclic) bond motifs is 1. The highest BCUT2D eigenvalue weighted by Gasteiger charge is 2.20. The van der Waals surface area contributed by atoms with Crippen molar-refractivity contribution >= 4 is 22.6 Å². The lowest BCUT2D eigenvalue weighted by atomic mass is 10.0. The summed E-state index contributed by atoms with van der Waals surface area (Å²) in [6, 6.07) is 17.9. The smallest absolute Gasteiger partial charge is 0.224 e. The molecule has 0 aliphatic rings. The molecular formula is C27H30N4O2. The van der Waals surface area contributed by atoms with Crippen molar-refractivity contribution in [3.63, 3.8) is 0 Å². The highest BCUT2D eigenvalue weighted by molar-refractivity contribution is 5.91. The van der Waals surface area contributed by atoms with Gasteiger partial charge in [-0.05, 0) is 61.6 Å². The highest BCUT2D eigenvalue weighted by Crippen LogP contribution is 2.32. The zero-order valence-electron chi connectivity index (χ0n) is 19.8. The maximum absolute atomic E-state index is 12.6. The van der Waals surface area contributed by atoms with Gasteiger partial charge in [0, 0.05) is 23.1 Å². The van der Waals surface area contributed by atoms with Gasteiger partial charge in [0.25, 0.3) is 0 Å². The van der Waals surface area contributed by atoms with Gasteiger partial charge < -0.3 is 10.1 Å². The molecule has 1 amide bonds. The van der Waals surface area contributed by atoms with Gasteiger partial charge in [0.2, 0.25) is 11.8 Å². The predicted molar refractivity (Wildman–Crippen MR) is 132 cm³/mol. The maximum atomic E-state index is 12.6. The van der Waals surface area contributed by atoms with Gasteiger partial charge in [-0.1, -0.05) is 44.2 Å². The Balaban J connectivity index is 1.58. The second-order valence-corrected chi connectivity index (χ2v) is 8.58. The fourth-order valence-electron chi connectivity index (χ4n) is 4.16. The van der Waals surface area contributed by atoms with Crippen LogP contribution in [-0.2, 0) is 11.2 Å². The molecule has 0 saturated heterocycles. The van der Waals surface area contributed by atoms with Crippen molar-refractivity contribution in [1.29, 1.82) is 0 Å². The first-order valence-electron chi connectivity index (χ1n) is 11.3. The van der Waals surface area contributed by atoms with Crippen molar-refractivity contribution in [2.45, 2.75) is 46.5 Å². The molecule has 0 spiro atoms. The average molecular weight is 443 g/mol. The van der Waals surface area contributed by atoms with Crippen molar-refractivity contribution in [2.24, 2.45) is 0 Å². The van der Waals surface area contributed by atoms with E-state index in [1.807, 2.05) is 54.1 Å². The molecule has 6 nitrogen and oxygen atoms in total. The number of nitrogens with one attached hydrogen (secondary N) is 1. The van der Waals surface area contributed by atoms with Crippen LogP contribution in [0, 0.1) is 13.8 Å². The lowest BCUT2D eigenvalue weighted by Crippen LogP contribution is -2.13. The van der Waals surface area contributed by atoms with E-state index in [-0.39, 0.29) is 5.91 Å². The molecule has 4 rings (SSSR count). The largest absolute Gasteiger partial charge is 0.481 e. The van der Waals surface area contributed by atoms with Gasteiger partial charge in [-0.3, -0.25) is 4.79 Å². The van der Waals surface area contributed by atoms with E-state index >= 15 is 0 Å². The number of benzene rings is 2. The third-order valence-corrected chi connectivity index (χ3v) is 5.99. The number of nitrogens with zero attached hydrogens (tertiary/aromatic N) is 3. The number of aryl methyl sites for hydroxylation is 2. The number of hydrogen-bond acceptors (Lipinski definition) is 4. The Morgan fingerprint density at radius 3 is 2.39 bits per heavy atom. The first-order valence-corrected chi connectivity index (χ1v) is 11.3. The normalized spacial score (nSPS) is 11.2. The number of pyridine rings is 1. The minimum atomic E-state index is -0.0365. The Bertz CT molecular complexity index is 1280. The van der Waals surface area contributed by atoms with Crippen molar-refractivity contribution in [1.82, 2.24) is 14.8 Å². The van der Waals surface area contributed by atoms with Crippen molar-refractivity contribution in [3.8, 4) is 11.6 Å². The number of amides is 1. The lowest BCUT2D eigenvalue weighted by molar-refractivity contribution is -0.116. The van der Waals surface area contributed by atoms with E-state index in [2.05, 4.69) is 38.2 Å². The van der Waals surface area contributed by atoms with Crippen LogP contribution in [0.4, 0.5) is 5.69 Å². The number of para-hydroxylation sites is 1. The van der Waals surface area contributed by atoms with Gasteiger partial charge >= 0.3 is 0 Å². The molecule has 0 aliphatic carbocycles. The fourth-order valence-corrected chi connectivity index (χ4v) is 4.16. The summed E-state index contributed by atoms with van der Waals surface area (Å²) in [4.78, 5) is 17.4. The van der Waals surface area contributed by atoms with Gasteiger partial charge in [0.15, 0.2) is 5.65 Å². The van der Waals surface area contributed by atoms with Crippen LogP contribution in [0.3, 0.4) is 0 Å². The summed E-state index contributed by atoms with van der Waals surface area (Å²) in [7, 11) is 1.61. The van der Waals surface area contributed by atoms with Crippen LogP contribution in [0.2, 0.25) is 0 Å². The number of carbonyl (C=O) groups is 1. The lowest BCUT2D eigenvalue weighted by Gasteiger charge is -2.13. The molecule has 1 N–H and O–H groups in total. The van der Waals surface area contributed by atoms with Crippen LogP contribution in [0.25, 0.3) is 16.7 Å². The van der Waals surface area contributed by atoms with E-state index in [4.69, 9.17) is 14.8 Å². The van der Waals surface area contributed by atoms with Crippen LogP contribution in [-0.4, -0.2) is 27.8 Å². The van der Waals surface area contributed by atoms with E-state index in [0.717, 1.165) is 39.2 Å². The first kappa shape index (κ1) is 22.5. The quantitative estimate of drug-likeness (QED) is 0.396. The number of carbonyl (C=O) groups excluding carboxylic acids is 1. The van der Waals surface area contributed by atoms with Gasteiger partial charge in [-0.2, -0.15) is 10.1 Å². The number of anilines is 1. The molecule has 0 aliphatic heterocycles. The van der Waals surface area contributed by atoms with Gasteiger partial charge in [-0.15, -0.1) is 0 Å². The van der Waals surface area contributed by atoms with Gasteiger partial charge in [0.1, 0.15) is 0 Å². The fraction of sp³-hybridized carbons (Fsp3) is 0.296. The van der Waals surface area contributed by atoms with Crippen molar-refractivity contribution in [2.75, 3.05) is 12.4 Å². The molecule has 33 heavy (non-hydrogen) atoms. The minimum absolute atomic E-state index is 0.0365. The monoisotopic (exact) mass is 442 g/mol. The molecular weight excluding hydrogens is 412 g/mol. The number of methoxy groups -OCH3 is 1. The molecule has 0 atom stereocenters. The number of rotatable bonds is 7. The summed E-state index contributed by atoms with van der Waals surface area (Å²) < 4.78 is 7.48. The molecule has 0 radical (unpaired) electrons. The van der Waals surface area contributed by atoms with E-state index in [1.54, 1.807) is 7.11 Å². The summed E-state index contributed by atoms with van der Waals surface area (Å²) >= 11 is 0. The Morgan fingerprint density at radius 1 is 1.06 bits per heavy atom. The molecule has 6 heteroatoms. The van der Waals surface area contributed by atoms with Crippen LogP contribution >= 0.6 is 0 Å². The Hall–Kier alpha value is -3.67. The van der Waals surface area contributed by atoms with Crippen LogP contribution < -0.4 is 10.1 Å². The van der Waals surface area contributed by atoms with E-state index < -0.39 is 0 Å². The predicted octanol–water partition coefficient (Wildman–Crippen LogP) is 5.74. The third kappa shape index (κ3) is 4.60. The second-order valence-electron chi connectivity index (χ2n) is 8.58. The summed E-state index contributed by atoms with van der Waals surface area (Å²) in [5, 5.41) is 8.72. The van der Waals surface area contributed by atoms with Gasteiger partial charge in [0.05, 0.1) is 18.5 Å². The molecule has 2 heterocycles. The topological polar surface area (TPSA) is 69.0 Å². The summed E-state index contributed by atoms with van der Waals surface area (Å²) in [6.45, 7) is 8.34. The zero-order valence-corrected chi connectivity index (χ0v) is 19.8. The number of aromatic nitrogens is 3. The molecule has 0 bridgehead atoms. The summed E-state index contributed by atoms with van der Waals surface area (Å²) in [6.07, 6.45) is 0.867. The Morgan fingerprint density at radius 2 is 1.76 bits per heavy atom. The molecule has 2 aromatic heterocycles. The van der Waals surface area contributed by atoms with Crippen LogP contribution in [0.5, 0.6) is 5.88 Å². The van der Waals surface area contributed by atoms with Crippen molar-refractivity contribution < 1.29 is 9.53 Å². The minimum Gasteiger partial charge on any atom is -0.481 e. The molecule has 0 saturated carbocycles. The van der Waals surface area contributed by atoms with Crippen LogP contribution in [0.15, 0.2) is 54.6 Å².